The van der Waals surface area contributed by atoms with Gasteiger partial charge in [0.15, 0.2) is 0 Å². The van der Waals surface area contributed by atoms with Gasteiger partial charge in [-0.1, -0.05) is 150 Å². The van der Waals surface area contributed by atoms with E-state index in [0.29, 0.717) is 6.42 Å². The van der Waals surface area contributed by atoms with E-state index in [4.69, 9.17) is 10.5 Å². The lowest BCUT2D eigenvalue weighted by atomic mass is 9.47. The third-order valence-electron chi connectivity index (χ3n) is 18.5. The first kappa shape index (κ1) is 53.9. The number of nitrogens with one attached hydrogen (secondary N) is 1. The summed E-state index contributed by atoms with van der Waals surface area (Å²) in [6.45, 7) is 43.0. The molecule has 0 saturated carbocycles. The number of aliphatic hydroxyl groups excluding tert-OH is 1. The molecule has 328 valence electrons. The molecule has 0 heterocycles. The molecule has 7 unspecified atom stereocenters. The van der Waals surface area contributed by atoms with E-state index in [9.17, 15) is 14.7 Å². The van der Waals surface area contributed by atoms with Crippen molar-refractivity contribution in [3.05, 3.63) is 0 Å². The van der Waals surface area contributed by atoms with Crippen LogP contribution in [0.5, 0.6) is 0 Å². The van der Waals surface area contributed by atoms with Crippen LogP contribution in [0, 0.1) is 43.3 Å². The normalized spacial score (nSPS) is 19.0. The molecule has 6 heteroatoms. The lowest BCUT2D eigenvalue weighted by molar-refractivity contribution is -0.179. The maximum Gasteiger partial charge on any atom is 0.302 e. The fraction of sp³-hybridized carbons (Fsp3) is 0.959. The minimum Gasteiger partial charge on any atom is -0.462 e. The summed E-state index contributed by atoms with van der Waals surface area (Å²) in [6.07, 6.45) is 14.3. The summed E-state index contributed by atoms with van der Waals surface area (Å²) in [7, 11) is 0. The molecule has 0 rings (SSSR count). The van der Waals surface area contributed by atoms with Crippen molar-refractivity contribution in [1.29, 1.82) is 0 Å². The summed E-state index contributed by atoms with van der Waals surface area (Å²) >= 11 is 0. The van der Waals surface area contributed by atoms with Gasteiger partial charge in [-0.15, -0.1) is 0 Å². The van der Waals surface area contributed by atoms with Gasteiger partial charge in [0.05, 0.1) is 6.10 Å². The molecule has 0 saturated heterocycles. The fourth-order valence-corrected chi connectivity index (χ4v) is 12.2. The second-order valence-corrected chi connectivity index (χ2v) is 20.1. The Hall–Kier alpha value is -1.14. The number of hydrogen-bond donors (Lipinski definition) is 3. The third-order valence-corrected chi connectivity index (χ3v) is 18.5. The van der Waals surface area contributed by atoms with E-state index in [-0.39, 0.29) is 62.1 Å². The maximum absolute atomic E-state index is 13.1. The van der Waals surface area contributed by atoms with Gasteiger partial charge in [0.1, 0.15) is 6.10 Å². The van der Waals surface area contributed by atoms with Gasteiger partial charge in [-0.3, -0.25) is 9.59 Å². The van der Waals surface area contributed by atoms with Gasteiger partial charge in [-0.25, -0.2) is 0 Å². The van der Waals surface area contributed by atoms with Gasteiger partial charge in [-0.05, 0) is 110 Å². The predicted octanol–water partition coefficient (Wildman–Crippen LogP) is 13.2. The summed E-state index contributed by atoms with van der Waals surface area (Å²) in [5.74, 6) is -0.220. The van der Waals surface area contributed by atoms with Crippen molar-refractivity contribution < 1.29 is 19.4 Å². The molecule has 55 heavy (non-hydrogen) atoms. The Morgan fingerprint density at radius 1 is 0.582 bits per heavy atom. The molecule has 0 aliphatic heterocycles. The monoisotopic (exact) mass is 779 g/mol. The molecule has 0 aromatic carbocycles. The van der Waals surface area contributed by atoms with Crippen LogP contribution in [-0.4, -0.2) is 41.8 Å². The van der Waals surface area contributed by atoms with Crippen LogP contribution in [0.2, 0.25) is 0 Å². The third kappa shape index (κ3) is 10.7. The van der Waals surface area contributed by atoms with E-state index in [1.807, 2.05) is 0 Å². The maximum atomic E-state index is 13.1. The van der Waals surface area contributed by atoms with Crippen LogP contribution in [0.3, 0.4) is 0 Å². The van der Waals surface area contributed by atoms with Crippen molar-refractivity contribution in [2.24, 2.45) is 49.1 Å². The fourth-order valence-electron chi connectivity index (χ4n) is 12.2. The Kier molecular flexibility index (Phi) is 21.3. The number of esters is 1. The van der Waals surface area contributed by atoms with E-state index >= 15 is 0 Å². The van der Waals surface area contributed by atoms with E-state index in [0.717, 1.165) is 103 Å². The summed E-state index contributed by atoms with van der Waals surface area (Å²) in [5.41, 5.74) is 5.51. The number of nitrogens with two attached hydrogens (primary N) is 1. The van der Waals surface area contributed by atoms with E-state index < -0.39 is 11.5 Å². The van der Waals surface area contributed by atoms with E-state index in [2.05, 4.69) is 130 Å². The molecular weight excluding hydrogens is 681 g/mol. The summed E-state index contributed by atoms with van der Waals surface area (Å²) in [6, 6.07) is -0.0532. The standard InChI is InChI=1S/C49H98N2O4/c1-20-42(14,15)38(50)32-44(17,23-4)47(26-7,27-8)39(51-36-52)33-45(18,24-5)48(28-9,29-10)40(54)34-46(19,25-6)49(30-11,31-12)41(55-37(13)53)35-43(16,21-2)22-3/h36,38-41,54H,20-35,50H2,1-19H3,(H,51,52). The Morgan fingerprint density at radius 3 is 1.31 bits per heavy atom. The smallest absolute Gasteiger partial charge is 0.302 e. The van der Waals surface area contributed by atoms with Gasteiger partial charge in [0.25, 0.3) is 0 Å². The molecule has 0 spiro atoms. The van der Waals surface area contributed by atoms with Crippen LogP contribution in [0.25, 0.3) is 0 Å². The average molecular weight is 779 g/mol. The zero-order valence-electron chi connectivity index (χ0n) is 40.4. The van der Waals surface area contributed by atoms with Crippen LogP contribution in [0.4, 0.5) is 0 Å². The second-order valence-electron chi connectivity index (χ2n) is 20.1. The SMILES string of the molecule is CCC(C)(CC)CC(OC(C)=O)C(CC)(CC)C(C)(CC)CC(O)C(CC)(CC)C(C)(CC)CC(NC=O)C(CC)(CC)C(C)(CC)CC(N)C(C)(C)CC. The number of carbonyl (C=O) groups excluding carboxylic acids is 2. The molecule has 0 aliphatic carbocycles. The number of aliphatic hydroxyl groups is 1. The molecule has 0 fully saturated rings. The highest BCUT2D eigenvalue weighted by molar-refractivity contribution is 5.66. The molecular formula is C49H98N2O4. The van der Waals surface area contributed by atoms with Gasteiger partial charge in [0.2, 0.25) is 6.41 Å². The Bertz CT molecular complexity index is 1120. The van der Waals surface area contributed by atoms with Gasteiger partial charge >= 0.3 is 5.97 Å². The Balaban J connectivity index is 7.66. The lowest BCUT2D eigenvalue weighted by Crippen LogP contribution is -2.60. The van der Waals surface area contributed by atoms with Gasteiger partial charge < -0.3 is 20.9 Å². The number of hydrogen-bond acceptors (Lipinski definition) is 5. The zero-order valence-corrected chi connectivity index (χ0v) is 40.4. The van der Waals surface area contributed by atoms with Crippen LogP contribution >= 0.6 is 0 Å². The van der Waals surface area contributed by atoms with E-state index in [1.165, 1.54) is 0 Å². The van der Waals surface area contributed by atoms with Crippen molar-refractivity contribution in [2.45, 2.75) is 259 Å². The molecule has 6 nitrogen and oxygen atoms in total. The van der Waals surface area contributed by atoms with Crippen molar-refractivity contribution in [3.8, 4) is 0 Å². The number of ether oxygens (including phenoxy) is 1. The van der Waals surface area contributed by atoms with Gasteiger partial charge in [0, 0.05) is 29.8 Å². The van der Waals surface area contributed by atoms with Crippen molar-refractivity contribution in [3.63, 3.8) is 0 Å². The van der Waals surface area contributed by atoms with Crippen molar-refractivity contribution in [2.75, 3.05) is 0 Å². The molecule has 0 aliphatic rings. The van der Waals surface area contributed by atoms with Crippen LogP contribution in [0.15, 0.2) is 0 Å². The Morgan fingerprint density at radius 2 is 0.982 bits per heavy atom. The summed E-state index contributed by atoms with van der Waals surface area (Å²) < 4.78 is 6.42. The average Bonchev–Trinajstić information content (AvgIpc) is 3.16. The summed E-state index contributed by atoms with van der Waals surface area (Å²) in [5, 5.41) is 16.6. The van der Waals surface area contributed by atoms with Crippen LogP contribution in [-0.2, 0) is 14.3 Å². The molecule has 7 atom stereocenters. The highest BCUT2D eigenvalue weighted by Gasteiger charge is 2.59. The number of carbonyl (C=O) groups is 2. The second kappa shape index (κ2) is 21.7. The van der Waals surface area contributed by atoms with Crippen molar-refractivity contribution >= 4 is 12.4 Å². The highest BCUT2D eigenvalue weighted by atomic mass is 16.5. The summed E-state index contributed by atoms with van der Waals surface area (Å²) in [4.78, 5) is 25.5. The van der Waals surface area contributed by atoms with E-state index in [1.54, 1.807) is 6.92 Å². The minimum atomic E-state index is -0.595. The predicted molar refractivity (Wildman–Crippen MR) is 238 cm³/mol. The van der Waals surface area contributed by atoms with Gasteiger partial charge in [-0.2, -0.15) is 0 Å². The molecule has 4 N–H and O–H groups in total. The number of amides is 1. The first-order valence-corrected chi connectivity index (χ1v) is 23.2. The van der Waals surface area contributed by atoms with Crippen molar-refractivity contribution in [1.82, 2.24) is 5.32 Å². The van der Waals surface area contributed by atoms with Crippen LogP contribution < -0.4 is 11.1 Å². The Labute approximate surface area is 343 Å². The molecule has 0 aromatic rings. The first-order chi connectivity index (χ1) is 25.4. The lowest BCUT2D eigenvalue weighted by Gasteiger charge is -2.60. The quantitative estimate of drug-likeness (QED) is 0.0498. The molecule has 0 bridgehead atoms. The van der Waals surface area contributed by atoms with Crippen LogP contribution in [0.1, 0.15) is 234 Å². The highest BCUT2D eigenvalue weighted by Crippen LogP contribution is 2.62. The number of rotatable bonds is 30. The molecule has 0 aromatic heterocycles. The molecule has 0 radical (unpaired) electrons. The molecule has 1 amide bonds. The topological polar surface area (TPSA) is 102 Å². The largest absolute Gasteiger partial charge is 0.462 e. The minimum absolute atomic E-state index is 0.0111. The zero-order chi connectivity index (χ0) is 43.3. The first-order valence-electron chi connectivity index (χ1n) is 23.2.